The maximum absolute atomic E-state index is 11.9. The van der Waals surface area contributed by atoms with Gasteiger partial charge < -0.3 is 10.1 Å². The Balaban J connectivity index is 1.87. The van der Waals surface area contributed by atoms with E-state index >= 15 is 0 Å². The molecule has 2 rings (SSSR count). The van der Waals surface area contributed by atoms with Crippen molar-refractivity contribution in [2.24, 2.45) is 0 Å². The Morgan fingerprint density at radius 3 is 2.58 bits per heavy atom. The number of ether oxygens (including phenoxy) is 1. The zero-order valence-electron chi connectivity index (χ0n) is 13.6. The lowest BCUT2D eigenvalue weighted by Crippen LogP contribution is -2.21. The third-order valence-electron chi connectivity index (χ3n) is 3.69. The molecule has 5 nitrogen and oxygen atoms in total. The highest BCUT2D eigenvalue weighted by atomic mass is 35.5. The van der Waals surface area contributed by atoms with E-state index in [0.29, 0.717) is 11.6 Å². The number of carbonyl (C=O) groups is 2. The number of esters is 1. The van der Waals surface area contributed by atoms with Crippen LogP contribution in [0.5, 0.6) is 0 Å². The summed E-state index contributed by atoms with van der Waals surface area (Å²) < 4.78 is 4.95. The molecule has 0 unspecified atom stereocenters. The summed E-state index contributed by atoms with van der Waals surface area (Å²) in [7, 11) is 0. The fourth-order valence-corrected chi connectivity index (χ4v) is 2.27. The summed E-state index contributed by atoms with van der Waals surface area (Å²) in [4.78, 5) is 27.5. The smallest absolute Gasteiger partial charge is 0.341 e. The quantitative estimate of drug-likeness (QED) is 0.633. The lowest BCUT2D eigenvalue weighted by Gasteiger charge is -2.11. The van der Waals surface area contributed by atoms with Crippen LogP contribution in [-0.4, -0.2) is 23.5 Å². The van der Waals surface area contributed by atoms with Gasteiger partial charge in [0.05, 0.1) is 5.56 Å². The molecule has 0 bridgehead atoms. The van der Waals surface area contributed by atoms with E-state index < -0.39 is 18.5 Å². The molecule has 0 aliphatic carbocycles. The van der Waals surface area contributed by atoms with Crippen LogP contribution in [0.4, 0.5) is 5.69 Å². The van der Waals surface area contributed by atoms with Crippen LogP contribution in [0.3, 0.4) is 0 Å². The number of halogens is 1. The summed E-state index contributed by atoms with van der Waals surface area (Å²) in [6, 6.07) is 10.7. The van der Waals surface area contributed by atoms with E-state index in [2.05, 4.69) is 24.1 Å². The summed E-state index contributed by atoms with van der Waals surface area (Å²) in [5.41, 5.74) is 2.00. The monoisotopic (exact) mass is 346 g/mol. The molecule has 126 valence electrons. The largest absolute Gasteiger partial charge is 0.452 e. The van der Waals surface area contributed by atoms with Gasteiger partial charge in [0, 0.05) is 11.9 Å². The molecule has 0 saturated carbocycles. The van der Waals surface area contributed by atoms with E-state index in [1.165, 1.54) is 17.8 Å². The van der Waals surface area contributed by atoms with Crippen molar-refractivity contribution < 1.29 is 14.3 Å². The summed E-state index contributed by atoms with van der Waals surface area (Å²) in [6.07, 6.45) is 2.52. The van der Waals surface area contributed by atoms with Crippen LogP contribution in [0, 0.1) is 0 Å². The second-order valence-electron chi connectivity index (χ2n) is 5.40. The van der Waals surface area contributed by atoms with Gasteiger partial charge in [-0.1, -0.05) is 37.6 Å². The molecule has 0 aliphatic heterocycles. The molecule has 0 saturated heterocycles. The average Bonchev–Trinajstić information content (AvgIpc) is 2.60. The topological polar surface area (TPSA) is 68.3 Å². The number of rotatable bonds is 6. The van der Waals surface area contributed by atoms with Crippen molar-refractivity contribution in [3.8, 4) is 0 Å². The molecule has 1 amide bonds. The van der Waals surface area contributed by atoms with Crippen molar-refractivity contribution >= 4 is 29.2 Å². The number of carbonyl (C=O) groups excluding carboxylic acids is 2. The number of anilines is 1. The number of nitrogens with one attached hydrogen (secondary N) is 1. The molecule has 24 heavy (non-hydrogen) atoms. The summed E-state index contributed by atoms with van der Waals surface area (Å²) in [5.74, 6) is -0.630. The van der Waals surface area contributed by atoms with Gasteiger partial charge in [0.2, 0.25) is 0 Å². The molecule has 6 heteroatoms. The predicted octanol–water partition coefficient (Wildman–Crippen LogP) is 4.04. The van der Waals surface area contributed by atoms with E-state index in [-0.39, 0.29) is 10.7 Å². The third kappa shape index (κ3) is 4.80. The molecule has 0 radical (unpaired) electrons. The summed E-state index contributed by atoms with van der Waals surface area (Å²) in [6.45, 7) is 3.89. The van der Waals surface area contributed by atoms with E-state index in [1.54, 1.807) is 6.07 Å². The molecular weight excluding hydrogens is 328 g/mol. The minimum Gasteiger partial charge on any atom is -0.452 e. The molecule has 0 spiro atoms. The SMILES string of the molecule is CC[C@H](C)c1ccc(NC(=O)COC(=O)c2cccnc2Cl)cc1. The van der Waals surface area contributed by atoms with Gasteiger partial charge in [-0.05, 0) is 42.2 Å². The van der Waals surface area contributed by atoms with Crippen LogP contribution in [-0.2, 0) is 9.53 Å². The molecule has 1 aromatic carbocycles. The Hall–Kier alpha value is -2.40. The molecular formula is C18H19ClN2O3. The van der Waals surface area contributed by atoms with Crippen molar-refractivity contribution in [3.05, 3.63) is 58.9 Å². The van der Waals surface area contributed by atoms with Gasteiger partial charge in [0.25, 0.3) is 5.91 Å². The Morgan fingerprint density at radius 2 is 1.96 bits per heavy atom. The van der Waals surface area contributed by atoms with Crippen molar-refractivity contribution in [3.63, 3.8) is 0 Å². The Morgan fingerprint density at radius 1 is 1.25 bits per heavy atom. The fraction of sp³-hybridized carbons (Fsp3) is 0.278. The minimum atomic E-state index is -0.685. The summed E-state index contributed by atoms with van der Waals surface area (Å²) in [5, 5.41) is 2.73. The van der Waals surface area contributed by atoms with Crippen LogP contribution < -0.4 is 5.32 Å². The molecule has 1 heterocycles. The van der Waals surface area contributed by atoms with Crippen molar-refractivity contribution in [1.82, 2.24) is 4.98 Å². The van der Waals surface area contributed by atoms with Crippen molar-refractivity contribution in [2.75, 3.05) is 11.9 Å². The number of amides is 1. The zero-order valence-corrected chi connectivity index (χ0v) is 14.3. The molecule has 1 atom stereocenters. The van der Waals surface area contributed by atoms with Crippen LogP contribution in [0.2, 0.25) is 5.15 Å². The van der Waals surface area contributed by atoms with Crippen LogP contribution >= 0.6 is 11.6 Å². The Labute approximate surface area is 146 Å². The third-order valence-corrected chi connectivity index (χ3v) is 3.99. The second-order valence-corrected chi connectivity index (χ2v) is 5.76. The number of hydrogen-bond acceptors (Lipinski definition) is 4. The zero-order chi connectivity index (χ0) is 17.5. The van der Waals surface area contributed by atoms with E-state index in [0.717, 1.165) is 6.42 Å². The first kappa shape index (κ1) is 17.9. The van der Waals surface area contributed by atoms with Gasteiger partial charge in [0.1, 0.15) is 5.15 Å². The molecule has 1 N–H and O–H groups in total. The van der Waals surface area contributed by atoms with Gasteiger partial charge in [-0.3, -0.25) is 4.79 Å². The van der Waals surface area contributed by atoms with E-state index in [1.807, 2.05) is 24.3 Å². The Kier molecular flexibility index (Phi) is 6.32. The van der Waals surface area contributed by atoms with Crippen LogP contribution in [0.25, 0.3) is 0 Å². The molecule has 2 aromatic rings. The normalized spacial score (nSPS) is 11.6. The highest BCUT2D eigenvalue weighted by Crippen LogP contribution is 2.20. The fourth-order valence-electron chi connectivity index (χ4n) is 2.07. The lowest BCUT2D eigenvalue weighted by atomic mass is 9.99. The van der Waals surface area contributed by atoms with Gasteiger partial charge in [0.15, 0.2) is 6.61 Å². The van der Waals surface area contributed by atoms with Gasteiger partial charge in [-0.25, -0.2) is 9.78 Å². The van der Waals surface area contributed by atoms with Gasteiger partial charge >= 0.3 is 5.97 Å². The molecule has 0 aliphatic rings. The maximum atomic E-state index is 11.9. The predicted molar refractivity (Wildman–Crippen MR) is 93.3 cm³/mol. The highest BCUT2D eigenvalue weighted by Gasteiger charge is 2.14. The number of benzene rings is 1. The van der Waals surface area contributed by atoms with Crippen LogP contribution in [0.15, 0.2) is 42.6 Å². The number of nitrogens with zero attached hydrogens (tertiary/aromatic N) is 1. The maximum Gasteiger partial charge on any atom is 0.341 e. The number of hydrogen-bond donors (Lipinski definition) is 1. The lowest BCUT2D eigenvalue weighted by molar-refractivity contribution is -0.119. The highest BCUT2D eigenvalue weighted by molar-refractivity contribution is 6.32. The number of pyridine rings is 1. The van der Waals surface area contributed by atoms with Gasteiger partial charge in [-0.15, -0.1) is 0 Å². The average molecular weight is 347 g/mol. The van der Waals surface area contributed by atoms with E-state index in [4.69, 9.17) is 16.3 Å². The van der Waals surface area contributed by atoms with Gasteiger partial charge in [-0.2, -0.15) is 0 Å². The van der Waals surface area contributed by atoms with Crippen LogP contribution in [0.1, 0.15) is 42.1 Å². The van der Waals surface area contributed by atoms with E-state index in [9.17, 15) is 9.59 Å². The second kappa shape index (κ2) is 8.45. The molecule has 1 aromatic heterocycles. The summed E-state index contributed by atoms with van der Waals surface area (Å²) >= 11 is 5.80. The first-order valence-corrected chi connectivity index (χ1v) is 8.06. The van der Waals surface area contributed by atoms with Crippen molar-refractivity contribution in [1.29, 1.82) is 0 Å². The molecule has 0 fully saturated rings. The minimum absolute atomic E-state index is 0.0449. The van der Waals surface area contributed by atoms with Crippen molar-refractivity contribution in [2.45, 2.75) is 26.2 Å². The number of aromatic nitrogens is 1. The first-order chi connectivity index (χ1) is 11.5. The standard InChI is InChI=1S/C18H19ClN2O3/c1-3-12(2)13-6-8-14(9-7-13)21-16(22)11-24-18(23)15-5-4-10-20-17(15)19/h4-10,12H,3,11H2,1-2H3,(H,21,22)/t12-/m0/s1. The first-order valence-electron chi connectivity index (χ1n) is 7.68. The Bertz CT molecular complexity index is 716.